The molecule has 1 aliphatic carbocycles. The molecule has 3 atom stereocenters. The monoisotopic (exact) mass is 197 g/mol. The van der Waals surface area contributed by atoms with Gasteiger partial charge in [0.05, 0.1) is 6.04 Å². The third-order valence-electron chi connectivity index (χ3n) is 3.44. The number of nitrogens with one attached hydrogen (secondary N) is 1. The zero-order chi connectivity index (χ0) is 10.7. The largest absolute Gasteiger partial charge is 0.311 e. The van der Waals surface area contributed by atoms with Crippen LogP contribution in [0.4, 0.5) is 0 Å². The normalized spacial score (nSPS) is 35.3. The molecule has 0 heterocycles. The van der Waals surface area contributed by atoms with E-state index < -0.39 is 0 Å². The lowest BCUT2D eigenvalue weighted by Gasteiger charge is -2.31. The second-order valence-corrected chi connectivity index (χ2v) is 5.03. The van der Waals surface area contributed by atoms with E-state index in [4.69, 9.17) is 0 Å². The fraction of sp³-hybridized carbons (Fsp3) is 0.917. The van der Waals surface area contributed by atoms with Gasteiger partial charge in [0.2, 0.25) is 0 Å². The molecule has 0 aromatic carbocycles. The molecule has 82 valence electrons. The molecule has 0 radical (unpaired) electrons. The summed E-state index contributed by atoms with van der Waals surface area (Å²) in [4.78, 5) is 12.0. The second-order valence-electron chi connectivity index (χ2n) is 5.03. The number of Topliss-reactive ketones (excluding diaryl/α,β-unsaturated/α-hetero) is 1. The Labute approximate surface area is 87.5 Å². The molecule has 1 rings (SSSR count). The van der Waals surface area contributed by atoms with Crippen molar-refractivity contribution in [1.29, 1.82) is 0 Å². The van der Waals surface area contributed by atoms with Crippen LogP contribution in [0.5, 0.6) is 0 Å². The highest BCUT2D eigenvalue weighted by Crippen LogP contribution is 2.33. The van der Waals surface area contributed by atoms with E-state index >= 15 is 0 Å². The van der Waals surface area contributed by atoms with Crippen LogP contribution in [0, 0.1) is 17.8 Å². The molecule has 3 unspecified atom stereocenters. The van der Waals surface area contributed by atoms with E-state index in [2.05, 4.69) is 19.2 Å². The Balaban J connectivity index is 2.54. The highest BCUT2D eigenvalue weighted by atomic mass is 16.1. The Morgan fingerprint density at radius 2 is 1.71 bits per heavy atom. The fourth-order valence-electron chi connectivity index (χ4n) is 2.68. The molecule has 1 fully saturated rings. The van der Waals surface area contributed by atoms with Gasteiger partial charge >= 0.3 is 0 Å². The van der Waals surface area contributed by atoms with Crippen LogP contribution in [0.15, 0.2) is 0 Å². The maximum atomic E-state index is 12.0. The quantitative estimate of drug-likeness (QED) is 0.751. The maximum Gasteiger partial charge on any atom is 0.152 e. The van der Waals surface area contributed by atoms with Gasteiger partial charge in [-0.15, -0.1) is 0 Å². The molecule has 0 amide bonds. The zero-order valence-electron chi connectivity index (χ0n) is 9.84. The highest BCUT2D eigenvalue weighted by Gasteiger charge is 2.30. The molecule has 0 aromatic heterocycles. The van der Waals surface area contributed by atoms with Crippen LogP contribution in [-0.2, 0) is 4.79 Å². The number of rotatable bonds is 3. The highest BCUT2D eigenvalue weighted by molar-refractivity contribution is 5.86. The first-order valence-corrected chi connectivity index (χ1v) is 5.75. The molecule has 1 N–H and O–H groups in total. The maximum absolute atomic E-state index is 12.0. The Morgan fingerprint density at radius 3 is 2.14 bits per heavy atom. The predicted octanol–water partition coefficient (Wildman–Crippen LogP) is 2.24. The molecule has 2 nitrogen and oxygen atoms in total. The predicted molar refractivity (Wildman–Crippen MR) is 59.2 cm³/mol. The summed E-state index contributed by atoms with van der Waals surface area (Å²) in [7, 11) is 1.86. The van der Waals surface area contributed by atoms with Gasteiger partial charge in [-0.05, 0) is 45.1 Å². The summed E-state index contributed by atoms with van der Waals surface area (Å²) in [6, 6.07) is 0.0255. The summed E-state index contributed by atoms with van der Waals surface area (Å²) in [5.74, 6) is 2.15. The molecule has 0 saturated heterocycles. The van der Waals surface area contributed by atoms with Crippen LogP contribution in [0.2, 0.25) is 0 Å². The standard InChI is InChI=1S/C12H23NO/c1-8-5-9(2)7-11(6-8)12(14)10(3)13-4/h8-11,13H,5-7H2,1-4H3. The fourth-order valence-corrected chi connectivity index (χ4v) is 2.68. The van der Waals surface area contributed by atoms with Crippen molar-refractivity contribution in [3.8, 4) is 0 Å². The smallest absolute Gasteiger partial charge is 0.152 e. The number of likely N-dealkylation sites (N-methyl/N-ethyl adjacent to an activating group) is 1. The van der Waals surface area contributed by atoms with Crippen molar-refractivity contribution in [2.24, 2.45) is 17.8 Å². The van der Waals surface area contributed by atoms with Gasteiger partial charge in [-0.2, -0.15) is 0 Å². The lowest BCUT2D eigenvalue weighted by molar-refractivity contribution is -0.126. The molecule has 14 heavy (non-hydrogen) atoms. The molecule has 0 aromatic rings. The first-order valence-electron chi connectivity index (χ1n) is 5.75. The molecular weight excluding hydrogens is 174 g/mol. The minimum absolute atomic E-state index is 0.0255. The van der Waals surface area contributed by atoms with E-state index in [9.17, 15) is 4.79 Å². The van der Waals surface area contributed by atoms with Crippen molar-refractivity contribution in [3.05, 3.63) is 0 Å². The molecule has 0 bridgehead atoms. The lowest BCUT2D eigenvalue weighted by Crippen LogP contribution is -2.38. The molecule has 0 spiro atoms. The van der Waals surface area contributed by atoms with Gasteiger partial charge in [-0.3, -0.25) is 4.79 Å². The zero-order valence-corrected chi connectivity index (χ0v) is 9.84. The lowest BCUT2D eigenvalue weighted by atomic mass is 9.74. The number of carbonyl (C=O) groups is 1. The van der Waals surface area contributed by atoms with E-state index in [0.29, 0.717) is 11.7 Å². The average Bonchev–Trinajstić information content (AvgIpc) is 2.14. The Bertz CT molecular complexity index is 192. The third kappa shape index (κ3) is 2.81. The van der Waals surface area contributed by atoms with Crippen molar-refractivity contribution < 1.29 is 4.79 Å². The number of hydrogen-bond donors (Lipinski definition) is 1. The van der Waals surface area contributed by atoms with E-state index in [1.807, 2.05) is 14.0 Å². The molecule has 2 heteroatoms. The van der Waals surface area contributed by atoms with Crippen molar-refractivity contribution in [3.63, 3.8) is 0 Å². The van der Waals surface area contributed by atoms with E-state index in [-0.39, 0.29) is 6.04 Å². The Morgan fingerprint density at radius 1 is 1.21 bits per heavy atom. The van der Waals surface area contributed by atoms with Gasteiger partial charge in [-0.1, -0.05) is 13.8 Å². The van der Waals surface area contributed by atoms with Gasteiger partial charge in [0.1, 0.15) is 0 Å². The van der Waals surface area contributed by atoms with Crippen LogP contribution >= 0.6 is 0 Å². The minimum atomic E-state index is 0.0255. The van der Waals surface area contributed by atoms with Gasteiger partial charge < -0.3 is 5.32 Å². The van der Waals surface area contributed by atoms with E-state index in [1.54, 1.807) is 0 Å². The molecule has 1 saturated carbocycles. The molecular formula is C12H23NO. The first kappa shape index (κ1) is 11.7. The van der Waals surface area contributed by atoms with Crippen molar-refractivity contribution >= 4 is 5.78 Å². The van der Waals surface area contributed by atoms with Crippen LogP contribution in [0.3, 0.4) is 0 Å². The van der Waals surface area contributed by atoms with E-state index in [0.717, 1.165) is 24.7 Å². The van der Waals surface area contributed by atoms with Crippen LogP contribution < -0.4 is 5.32 Å². The van der Waals surface area contributed by atoms with Crippen molar-refractivity contribution in [1.82, 2.24) is 5.32 Å². The topological polar surface area (TPSA) is 29.1 Å². The van der Waals surface area contributed by atoms with Crippen LogP contribution in [0.25, 0.3) is 0 Å². The number of ketones is 1. The van der Waals surface area contributed by atoms with Gasteiger partial charge in [0.25, 0.3) is 0 Å². The Hall–Kier alpha value is -0.370. The minimum Gasteiger partial charge on any atom is -0.311 e. The summed E-state index contributed by atoms with van der Waals surface area (Å²) in [5.41, 5.74) is 0. The summed E-state index contributed by atoms with van der Waals surface area (Å²) in [6.07, 6.45) is 3.47. The van der Waals surface area contributed by atoms with Gasteiger partial charge in [-0.25, -0.2) is 0 Å². The summed E-state index contributed by atoms with van der Waals surface area (Å²) >= 11 is 0. The first-order chi connectivity index (χ1) is 6.54. The number of carbonyl (C=O) groups excluding carboxylic acids is 1. The summed E-state index contributed by atoms with van der Waals surface area (Å²) in [5, 5.41) is 3.04. The van der Waals surface area contributed by atoms with Crippen molar-refractivity contribution in [2.75, 3.05) is 7.05 Å². The molecule has 1 aliphatic rings. The third-order valence-corrected chi connectivity index (χ3v) is 3.44. The molecule has 0 aliphatic heterocycles. The second kappa shape index (κ2) is 4.92. The number of hydrogen-bond acceptors (Lipinski definition) is 2. The van der Waals surface area contributed by atoms with E-state index in [1.165, 1.54) is 6.42 Å². The Kier molecular flexibility index (Phi) is 4.11. The van der Waals surface area contributed by atoms with Crippen LogP contribution in [0.1, 0.15) is 40.0 Å². The van der Waals surface area contributed by atoms with Crippen LogP contribution in [-0.4, -0.2) is 18.9 Å². The summed E-state index contributed by atoms with van der Waals surface area (Å²) in [6.45, 7) is 6.49. The SMILES string of the molecule is CNC(C)C(=O)C1CC(C)CC(C)C1. The van der Waals surface area contributed by atoms with Gasteiger partial charge in [0, 0.05) is 5.92 Å². The summed E-state index contributed by atoms with van der Waals surface area (Å²) < 4.78 is 0. The average molecular weight is 197 g/mol. The van der Waals surface area contributed by atoms with Gasteiger partial charge in [0.15, 0.2) is 5.78 Å². The van der Waals surface area contributed by atoms with Crippen molar-refractivity contribution in [2.45, 2.75) is 46.1 Å².